The molecule has 2 rings (SSSR count). The molecule has 0 unspecified atom stereocenters. The lowest BCUT2D eigenvalue weighted by atomic mass is 10.0. The molecule has 0 fully saturated rings. The van der Waals surface area contributed by atoms with Gasteiger partial charge in [0, 0.05) is 16.3 Å². The van der Waals surface area contributed by atoms with Gasteiger partial charge in [0.2, 0.25) is 0 Å². The molecule has 0 spiro atoms. The summed E-state index contributed by atoms with van der Waals surface area (Å²) < 4.78 is 50.6. The number of ketones is 1. The number of anilines is 1. The van der Waals surface area contributed by atoms with Crippen molar-refractivity contribution in [3.05, 3.63) is 64.4 Å². The van der Waals surface area contributed by atoms with Gasteiger partial charge in [0.05, 0.1) is 5.56 Å². The van der Waals surface area contributed by atoms with Crippen LogP contribution in [0.2, 0.25) is 5.02 Å². The topological polar surface area (TPSA) is 29.1 Å². The highest BCUT2D eigenvalue weighted by Crippen LogP contribution is 2.26. The van der Waals surface area contributed by atoms with Crippen LogP contribution >= 0.6 is 11.6 Å². The molecular formula is C15H10ClF4NO. The molecule has 0 saturated heterocycles. The van der Waals surface area contributed by atoms with Gasteiger partial charge >= 0.3 is 6.18 Å². The number of benzene rings is 2. The maximum atomic E-state index is 13.7. The largest absolute Gasteiger partial charge is 0.405 e. The van der Waals surface area contributed by atoms with E-state index in [1.165, 1.54) is 36.4 Å². The summed E-state index contributed by atoms with van der Waals surface area (Å²) >= 11 is 5.78. The van der Waals surface area contributed by atoms with Crippen LogP contribution in [0.25, 0.3) is 0 Å². The molecule has 116 valence electrons. The molecule has 0 amide bonds. The van der Waals surface area contributed by atoms with Gasteiger partial charge in [0.1, 0.15) is 12.4 Å². The van der Waals surface area contributed by atoms with Crippen molar-refractivity contribution in [3.63, 3.8) is 0 Å². The second-order valence-corrected chi connectivity index (χ2v) is 4.90. The number of alkyl halides is 3. The predicted molar refractivity (Wildman–Crippen MR) is 75.8 cm³/mol. The minimum absolute atomic E-state index is 0.0602. The Morgan fingerprint density at radius 2 is 1.77 bits per heavy atom. The van der Waals surface area contributed by atoms with Crippen molar-refractivity contribution in [1.29, 1.82) is 0 Å². The first-order valence-electron chi connectivity index (χ1n) is 6.17. The molecule has 0 heterocycles. The Bertz CT molecular complexity index is 700. The first kappa shape index (κ1) is 16.3. The minimum Gasteiger partial charge on any atom is -0.376 e. The van der Waals surface area contributed by atoms with Gasteiger partial charge in [-0.25, -0.2) is 4.39 Å². The van der Waals surface area contributed by atoms with E-state index >= 15 is 0 Å². The van der Waals surface area contributed by atoms with E-state index in [9.17, 15) is 22.4 Å². The van der Waals surface area contributed by atoms with Crippen LogP contribution < -0.4 is 5.32 Å². The van der Waals surface area contributed by atoms with Crippen molar-refractivity contribution in [2.24, 2.45) is 0 Å². The van der Waals surface area contributed by atoms with Gasteiger partial charge in [-0.3, -0.25) is 4.79 Å². The monoisotopic (exact) mass is 331 g/mol. The third-order valence-corrected chi connectivity index (χ3v) is 3.06. The fraction of sp³-hybridized carbons (Fsp3) is 0.133. The molecule has 0 atom stereocenters. The molecule has 0 aliphatic heterocycles. The van der Waals surface area contributed by atoms with Crippen LogP contribution in [0.5, 0.6) is 0 Å². The van der Waals surface area contributed by atoms with Crippen LogP contribution in [0.15, 0.2) is 42.5 Å². The van der Waals surface area contributed by atoms with Crippen molar-refractivity contribution >= 4 is 23.1 Å². The third kappa shape index (κ3) is 3.98. The summed E-state index contributed by atoms with van der Waals surface area (Å²) in [5.41, 5.74) is -0.420. The van der Waals surface area contributed by atoms with E-state index in [2.05, 4.69) is 5.32 Å². The standard InChI is InChI=1S/C15H10ClF4NO/c16-9-5-6-13(21-8-15(18,19)20)11(7-9)14(22)10-3-1-2-4-12(10)17/h1-7,21H,8H2. The predicted octanol–water partition coefficient (Wildman–Crippen LogP) is 4.68. The van der Waals surface area contributed by atoms with Crippen LogP contribution in [-0.4, -0.2) is 18.5 Å². The zero-order valence-electron chi connectivity index (χ0n) is 11.0. The van der Waals surface area contributed by atoms with E-state index in [0.29, 0.717) is 0 Å². The zero-order valence-corrected chi connectivity index (χ0v) is 11.8. The minimum atomic E-state index is -4.45. The molecule has 0 aliphatic carbocycles. The van der Waals surface area contributed by atoms with Crippen LogP contribution in [0.4, 0.5) is 23.2 Å². The summed E-state index contributed by atoms with van der Waals surface area (Å²) in [7, 11) is 0. The molecule has 0 saturated carbocycles. The highest BCUT2D eigenvalue weighted by molar-refractivity contribution is 6.31. The highest BCUT2D eigenvalue weighted by Gasteiger charge is 2.27. The quantitative estimate of drug-likeness (QED) is 0.651. The molecule has 7 heteroatoms. The SMILES string of the molecule is O=C(c1ccccc1F)c1cc(Cl)ccc1NCC(F)(F)F. The highest BCUT2D eigenvalue weighted by atomic mass is 35.5. The summed E-state index contributed by atoms with van der Waals surface area (Å²) in [5.74, 6) is -1.50. The van der Waals surface area contributed by atoms with Crippen molar-refractivity contribution in [3.8, 4) is 0 Å². The van der Waals surface area contributed by atoms with E-state index in [1.807, 2.05) is 0 Å². The van der Waals surface area contributed by atoms with Crippen LogP contribution in [-0.2, 0) is 0 Å². The summed E-state index contributed by atoms with van der Waals surface area (Å²) in [6.45, 7) is -1.31. The molecule has 2 aromatic rings. The summed E-state index contributed by atoms with van der Waals surface area (Å²) in [5, 5.41) is 2.29. The Labute approximate surface area is 128 Å². The Kier molecular flexibility index (Phi) is 4.71. The van der Waals surface area contributed by atoms with E-state index < -0.39 is 24.3 Å². The Morgan fingerprint density at radius 3 is 2.41 bits per heavy atom. The summed E-state index contributed by atoms with van der Waals surface area (Å²) in [6.07, 6.45) is -4.45. The Balaban J connectivity index is 2.39. The molecule has 1 N–H and O–H groups in total. The molecule has 22 heavy (non-hydrogen) atoms. The van der Waals surface area contributed by atoms with Crippen molar-refractivity contribution in [2.75, 3.05) is 11.9 Å². The van der Waals surface area contributed by atoms with E-state index in [-0.39, 0.29) is 21.8 Å². The average molecular weight is 332 g/mol. The van der Waals surface area contributed by atoms with Gasteiger partial charge in [-0.05, 0) is 30.3 Å². The smallest absolute Gasteiger partial charge is 0.376 e. The summed E-state index contributed by atoms with van der Waals surface area (Å²) in [4.78, 5) is 12.3. The number of hydrogen-bond donors (Lipinski definition) is 1. The molecule has 0 radical (unpaired) electrons. The normalized spacial score (nSPS) is 11.3. The maximum absolute atomic E-state index is 13.7. The fourth-order valence-corrected chi connectivity index (χ4v) is 2.02. The van der Waals surface area contributed by atoms with E-state index in [1.54, 1.807) is 0 Å². The second-order valence-electron chi connectivity index (χ2n) is 4.47. The average Bonchev–Trinajstić information content (AvgIpc) is 2.45. The lowest BCUT2D eigenvalue weighted by Gasteiger charge is -2.14. The first-order chi connectivity index (χ1) is 10.3. The number of carbonyl (C=O) groups excluding carboxylic acids is 1. The number of halogens is 5. The lowest BCUT2D eigenvalue weighted by Crippen LogP contribution is -2.22. The van der Waals surface area contributed by atoms with Crippen LogP contribution in [0.1, 0.15) is 15.9 Å². The van der Waals surface area contributed by atoms with Crippen molar-refractivity contribution in [1.82, 2.24) is 0 Å². The van der Waals surface area contributed by atoms with Gasteiger partial charge in [-0.1, -0.05) is 23.7 Å². The lowest BCUT2D eigenvalue weighted by molar-refractivity contribution is -0.115. The van der Waals surface area contributed by atoms with Gasteiger partial charge in [-0.15, -0.1) is 0 Å². The summed E-state index contributed by atoms with van der Waals surface area (Å²) in [6, 6.07) is 9.03. The van der Waals surface area contributed by atoms with Gasteiger partial charge in [-0.2, -0.15) is 13.2 Å². The van der Waals surface area contributed by atoms with Crippen LogP contribution in [0, 0.1) is 5.82 Å². The van der Waals surface area contributed by atoms with Crippen molar-refractivity contribution in [2.45, 2.75) is 6.18 Å². The third-order valence-electron chi connectivity index (χ3n) is 2.82. The zero-order chi connectivity index (χ0) is 16.3. The molecule has 2 aromatic carbocycles. The number of hydrogen-bond acceptors (Lipinski definition) is 2. The molecular weight excluding hydrogens is 322 g/mol. The van der Waals surface area contributed by atoms with Gasteiger partial charge in [0.15, 0.2) is 5.78 Å². The molecule has 0 aliphatic rings. The van der Waals surface area contributed by atoms with Crippen molar-refractivity contribution < 1.29 is 22.4 Å². The van der Waals surface area contributed by atoms with Crippen LogP contribution in [0.3, 0.4) is 0 Å². The van der Waals surface area contributed by atoms with Gasteiger partial charge < -0.3 is 5.32 Å². The molecule has 0 aromatic heterocycles. The number of rotatable bonds is 4. The Hall–Kier alpha value is -2.08. The first-order valence-corrected chi connectivity index (χ1v) is 6.55. The maximum Gasteiger partial charge on any atom is 0.405 e. The van der Waals surface area contributed by atoms with Gasteiger partial charge in [0.25, 0.3) is 0 Å². The number of nitrogens with one attached hydrogen (secondary N) is 1. The molecule has 0 bridgehead atoms. The Morgan fingerprint density at radius 1 is 1.09 bits per heavy atom. The number of carbonyl (C=O) groups is 1. The molecule has 2 nitrogen and oxygen atoms in total. The second kappa shape index (κ2) is 6.36. The van der Waals surface area contributed by atoms with E-state index in [0.717, 1.165) is 6.07 Å². The fourth-order valence-electron chi connectivity index (χ4n) is 1.84. The van der Waals surface area contributed by atoms with E-state index in [4.69, 9.17) is 11.6 Å².